The van der Waals surface area contributed by atoms with Crippen LogP contribution in [0.5, 0.6) is 0 Å². The van der Waals surface area contributed by atoms with Crippen LogP contribution < -0.4 is 5.32 Å². The van der Waals surface area contributed by atoms with Gasteiger partial charge in [-0.05, 0) is 38.0 Å². The van der Waals surface area contributed by atoms with Crippen molar-refractivity contribution in [3.8, 4) is 0 Å². The third-order valence-electron chi connectivity index (χ3n) is 4.05. The second-order valence-electron chi connectivity index (χ2n) is 6.91. The summed E-state index contributed by atoms with van der Waals surface area (Å²) < 4.78 is 40.1. The third-order valence-corrected chi connectivity index (χ3v) is 6.76. The fraction of sp³-hybridized carbons (Fsp3) is 0.562. The first-order valence-electron chi connectivity index (χ1n) is 8.17. The zero-order valence-corrected chi connectivity index (χ0v) is 15.0. The van der Waals surface area contributed by atoms with Gasteiger partial charge >= 0.3 is 0 Å². The molecule has 1 aliphatic rings. The van der Waals surface area contributed by atoms with Crippen LogP contribution in [-0.2, 0) is 15.3 Å². The largest absolute Gasteiger partial charge is 0.439 e. The van der Waals surface area contributed by atoms with Crippen LogP contribution in [-0.4, -0.2) is 31.7 Å². The molecule has 0 saturated carbocycles. The van der Waals surface area contributed by atoms with E-state index in [0.29, 0.717) is 37.3 Å². The molecule has 0 atom stereocenters. The topological polar surface area (TPSA) is 72.2 Å². The number of oxazole rings is 1. The minimum Gasteiger partial charge on any atom is -0.439 e. The summed E-state index contributed by atoms with van der Waals surface area (Å²) in [5, 5.41) is 2.55. The van der Waals surface area contributed by atoms with E-state index in [1.165, 1.54) is 6.07 Å². The Labute approximate surface area is 142 Å². The van der Waals surface area contributed by atoms with Crippen LogP contribution in [0, 0.1) is 0 Å². The van der Waals surface area contributed by atoms with E-state index in [4.69, 9.17) is 17.4 Å². The number of halogens is 1. The maximum atomic E-state index is 13.1. The van der Waals surface area contributed by atoms with Gasteiger partial charge in [-0.1, -0.05) is 32.4 Å². The summed E-state index contributed by atoms with van der Waals surface area (Å²) >= 11 is 6.23. The molecule has 0 aliphatic carbocycles. The quantitative estimate of drug-likeness (QED) is 0.892. The second kappa shape index (κ2) is 5.76. The fourth-order valence-corrected chi connectivity index (χ4v) is 5.10. The molecule has 0 bridgehead atoms. The molecule has 1 fully saturated rings. The number of hydrogen-bond acceptors (Lipinski definition) is 5. The van der Waals surface area contributed by atoms with Gasteiger partial charge in [0, 0.05) is 5.41 Å². The van der Waals surface area contributed by atoms with Crippen LogP contribution in [0.4, 0.5) is 0 Å². The molecule has 1 aliphatic heterocycles. The molecule has 1 N–H and O–H groups in total. The van der Waals surface area contributed by atoms with Crippen molar-refractivity contribution >= 4 is 32.5 Å². The highest BCUT2D eigenvalue weighted by Crippen LogP contribution is 2.36. The molecule has 2 aromatic rings. The minimum atomic E-state index is -3.70. The molecule has 0 spiro atoms. The Morgan fingerprint density at radius 3 is 2.65 bits per heavy atom. The summed E-state index contributed by atoms with van der Waals surface area (Å²) in [5.74, 6) is 0.431. The number of aromatic nitrogens is 1. The highest BCUT2D eigenvalue weighted by molar-refractivity contribution is 7.92. The number of sulfone groups is 1. The van der Waals surface area contributed by atoms with E-state index in [9.17, 15) is 8.42 Å². The van der Waals surface area contributed by atoms with E-state index in [1.807, 2.05) is 20.8 Å². The molecular formula is C16H21ClN2O3S. The van der Waals surface area contributed by atoms with E-state index in [2.05, 4.69) is 10.3 Å². The zero-order valence-electron chi connectivity index (χ0n) is 14.4. The van der Waals surface area contributed by atoms with E-state index >= 15 is 0 Å². The Balaban J connectivity index is 2.25. The van der Waals surface area contributed by atoms with Crippen molar-refractivity contribution in [3.05, 3.63) is 23.0 Å². The monoisotopic (exact) mass is 357 g/mol. The fourth-order valence-electron chi connectivity index (χ4n) is 2.74. The number of fused-ring (bicyclic) bond motifs is 1. The first-order valence-corrected chi connectivity index (χ1v) is 9.59. The van der Waals surface area contributed by atoms with Gasteiger partial charge in [0.05, 0.1) is 11.6 Å². The van der Waals surface area contributed by atoms with Crippen molar-refractivity contribution in [3.63, 3.8) is 0 Å². The standard InChI is InChI=1S/C16H21ClN2O3S/c1-16(2,3)15-19-12-5-4-11(17)14(13(12)22-15)23(20,21)10-6-8-18-9-7-10/h4-5,10,18H,6-9H2,1-3H3/i4D. The molecule has 1 aromatic heterocycles. The van der Waals surface area contributed by atoms with Crippen molar-refractivity contribution in [2.24, 2.45) is 0 Å². The molecule has 1 aromatic carbocycles. The van der Waals surface area contributed by atoms with Crippen molar-refractivity contribution in [2.75, 3.05) is 13.1 Å². The van der Waals surface area contributed by atoms with Gasteiger partial charge in [0.2, 0.25) is 5.89 Å². The molecule has 23 heavy (non-hydrogen) atoms. The molecule has 3 rings (SSSR count). The molecule has 0 radical (unpaired) electrons. The average molecular weight is 358 g/mol. The maximum Gasteiger partial charge on any atom is 0.200 e. The van der Waals surface area contributed by atoms with Crippen molar-refractivity contribution in [1.82, 2.24) is 10.3 Å². The molecular weight excluding hydrogens is 336 g/mol. The van der Waals surface area contributed by atoms with Gasteiger partial charge in [0.15, 0.2) is 15.4 Å². The summed E-state index contributed by atoms with van der Waals surface area (Å²) in [4.78, 5) is 4.30. The van der Waals surface area contributed by atoms with Gasteiger partial charge in [0.25, 0.3) is 0 Å². The smallest absolute Gasteiger partial charge is 0.200 e. The van der Waals surface area contributed by atoms with Gasteiger partial charge in [-0.3, -0.25) is 0 Å². The van der Waals surface area contributed by atoms with Crippen LogP contribution in [0.25, 0.3) is 11.1 Å². The Hall–Kier alpha value is -1.11. The Bertz CT molecular complexity index is 881. The van der Waals surface area contributed by atoms with E-state index in [0.717, 1.165) is 0 Å². The Kier molecular flexibility index (Phi) is 3.86. The van der Waals surface area contributed by atoms with Gasteiger partial charge in [0.1, 0.15) is 10.4 Å². The molecule has 0 unspecified atom stereocenters. The van der Waals surface area contributed by atoms with E-state index < -0.39 is 15.1 Å². The summed E-state index contributed by atoms with van der Waals surface area (Å²) in [6, 6.07) is 1.41. The zero-order chi connectivity index (χ0) is 17.7. The predicted octanol–water partition coefficient (Wildman–Crippen LogP) is 3.30. The number of nitrogens with one attached hydrogen (secondary N) is 1. The van der Waals surface area contributed by atoms with Crippen molar-refractivity contribution in [2.45, 2.75) is 49.2 Å². The summed E-state index contributed by atoms with van der Waals surface area (Å²) in [6.07, 6.45) is 1.03. The minimum absolute atomic E-state index is 0.0505. The lowest BCUT2D eigenvalue weighted by molar-refractivity contribution is 0.408. The van der Waals surface area contributed by atoms with Crippen molar-refractivity contribution in [1.29, 1.82) is 0 Å². The molecule has 0 amide bonds. The number of nitrogens with zero attached hydrogens (tertiary/aromatic N) is 1. The highest BCUT2D eigenvalue weighted by atomic mass is 35.5. The summed E-state index contributed by atoms with van der Waals surface area (Å²) in [6.45, 7) is 7.09. The number of hydrogen-bond donors (Lipinski definition) is 1. The predicted molar refractivity (Wildman–Crippen MR) is 90.8 cm³/mol. The normalized spacial score (nSPS) is 18.3. The molecule has 126 valence electrons. The number of piperidine rings is 1. The molecule has 7 heteroatoms. The lowest BCUT2D eigenvalue weighted by Crippen LogP contribution is -2.35. The molecule has 5 nitrogen and oxygen atoms in total. The van der Waals surface area contributed by atoms with Crippen LogP contribution in [0.3, 0.4) is 0 Å². The first kappa shape index (κ1) is 15.4. The van der Waals surface area contributed by atoms with Crippen LogP contribution in [0.15, 0.2) is 21.4 Å². The van der Waals surface area contributed by atoms with Crippen molar-refractivity contribution < 1.29 is 14.2 Å². The Morgan fingerprint density at radius 2 is 2.04 bits per heavy atom. The van der Waals surface area contributed by atoms with Gasteiger partial charge in [-0.15, -0.1) is 0 Å². The van der Waals surface area contributed by atoms with Crippen LogP contribution in [0.2, 0.25) is 5.02 Å². The maximum absolute atomic E-state index is 13.1. The lowest BCUT2D eigenvalue weighted by atomic mass is 9.97. The molecule has 1 saturated heterocycles. The number of rotatable bonds is 2. The molecule has 2 heterocycles. The third kappa shape index (κ3) is 2.99. The van der Waals surface area contributed by atoms with E-state index in [1.54, 1.807) is 0 Å². The summed E-state index contributed by atoms with van der Waals surface area (Å²) in [5.41, 5.74) is 0.157. The van der Waals surface area contributed by atoms with Crippen LogP contribution in [0.1, 0.15) is 40.9 Å². The average Bonchev–Trinajstić information content (AvgIpc) is 2.92. The van der Waals surface area contributed by atoms with Gasteiger partial charge in [-0.25, -0.2) is 13.4 Å². The van der Waals surface area contributed by atoms with Gasteiger partial charge < -0.3 is 9.73 Å². The highest BCUT2D eigenvalue weighted by Gasteiger charge is 2.34. The van der Waals surface area contributed by atoms with E-state index in [-0.39, 0.29) is 27.0 Å². The summed E-state index contributed by atoms with van der Waals surface area (Å²) in [7, 11) is -3.70. The van der Waals surface area contributed by atoms with Gasteiger partial charge in [-0.2, -0.15) is 0 Å². The SMILES string of the molecule is [2H]c1cc2nc(C(C)(C)C)oc2c(S(=O)(=O)C2CCNCC2)c1Cl. The lowest BCUT2D eigenvalue weighted by Gasteiger charge is -2.23. The first-order chi connectivity index (χ1) is 11.1. The van der Waals surface area contributed by atoms with Crippen LogP contribution >= 0.6 is 11.6 Å². The Morgan fingerprint density at radius 1 is 1.39 bits per heavy atom. The number of benzene rings is 1. The second-order valence-corrected chi connectivity index (χ2v) is 9.45.